The highest BCUT2D eigenvalue weighted by molar-refractivity contribution is 5.69. The van der Waals surface area contributed by atoms with Crippen LogP contribution in [-0.4, -0.2) is 23.2 Å². The third-order valence-corrected chi connectivity index (χ3v) is 6.05. The van der Waals surface area contributed by atoms with E-state index in [1.165, 1.54) is 6.07 Å². The monoisotopic (exact) mass is 459 g/mol. The molecule has 1 aromatic heterocycles. The highest BCUT2D eigenvalue weighted by Gasteiger charge is 2.26. The van der Waals surface area contributed by atoms with Gasteiger partial charge in [0.15, 0.2) is 0 Å². The Labute approximate surface area is 198 Å². The number of nitrogens with zero attached hydrogens (tertiary/aromatic N) is 1. The van der Waals surface area contributed by atoms with Crippen molar-refractivity contribution >= 4 is 5.97 Å². The number of aliphatic carboxylic acids is 1. The van der Waals surface area contributed by atoms with E-state index in [0.29, 0.717) is 30.0 Å². The van der Waals surface area contributed by atoms with Crippen LogP contribution >= 0.6 is 0 Å². The molecule has 6 heteroatoms. The summed E-state index contributed by atoms with van der Waals surface area (Å²) in [5, 5.41) is 9.21. The number of methoxy groups -OCH3 is 1. The van der Waals surface area contributed by atoms with Gasteiger partial charge in [-0.25, -0.2) is 9.37 Å². The molecule has 0 aliphatic carbocycles. The predicted octanol–water partition coefficient (Wildman–Crippen LogP) is 5.85. The topological polar surface area (TPSA) is 68.7 Å². The van der Waals surface area contributed by atoms with Gasteiger partial charge in [-0.3, -0.25) is 4.79 Å². The van der Waals surface area contributed by atoms with Gasteiger partial charge in [-0.1, -0.05) is 24.1 Å². The zero-order chi connectivity index (χ0) is 24.2. The molecular formula is C28H26FNO4. The quantitative estimate of drug-likeness (QED) is 0.468. The average Bonchev–Trinajstić information content (AvgIpc) is 2.83. The minimum absolute atomic E-state index is 0.0548. The molecule has 0 bridgehead atoms. The molecule has 0 saturated carbocycles. The number of carbonyl (C=O) groups is 1. The van der Waals surface area contributed by atoms with Crippen LogP contribution in [0, 0.1) is 24.6 Å². The summed E-state index contributed by atoms with van der Waals surface area (Å²) in [4.78, 5) is 15.6. The summed E-state index contributed by atoms with van der Waals surface area (Å²) >= 11 is 0. The number of carboxylic acids is 1. The number of fused-ring (bicyclic) bond motifs is 1. The lowest BCUT2D eigenvalue weighted by atomic mass is 9.90. The predicted molar refractivity (Wildman–Crippen MR) is 127 cm³/mol. The molecule has 0 saturated heterocycles. The highest BCUT2D eigenvalue weighted by atomic mass is 19.1. The fraction of sp³-hybridized carbons (Fsp3) is 0.286. The number of rotatable bonds is 6. The summed E-state index contributed by atoms with van der Waals surface area (Å²) in [6.07, 6.45) is 0.829. The van der Waals surface area contributed by atoms with Gasteiger partial charge >= 0.3 is 5.97 Å². The lowest BCUT2D eigenvalue weighted by Crippen LogP contribution is -2.17. The Morgan fingerprint density at radius 2 is 2.09 bits per heavy atom. The molecular weight excluding hydrogens is 433 g/mol. The maximum absolute atomic E-state index is 14.9. The van der Waals surface area contributed by atoms with Crippen LogP contribution in [0.15, 0.2) is 48.5 Å². The first-order valence-corrected chi connectivity index (χ1v) is 11.1. The van der Waals surface area contributed by atoms with Gasteiger partial charge in [0, 0.05) is 22.9 Å². The zero-order valence-electron chi connectivity index (χ0n) is 19.4. The van der Waals surface area contributed by atoms with Crippen molar-refractivity contribution < 1.29 is 23.8 Å². The van der Waals surface area contributed by atoms with Crippen LogP contribution < -0.4 is 9.47 Å². The maximum atomic E-state index is 14.9. The lowest BCUT2D eigenvalue weighted by Gasteiger charge is -2.28. The smallest absolute Gasteiger partial charge is 0.304 e. The Balaban J connectivity index is 1.60. The van der Waals surface area contributed by atoms with E-state index in [9.17, 15) is 14.3 Å². The summed E-state index contributed by atoms with van der Waals surface area (Å²) in [6.45, 7) is 3.60. The van der Waals surface area contributed by atoms with E-state index >= 15 is 0 Å². The van der Waals surface area contributed by atoms with E-state index in [1.807, 2.05) is 37.3 Å². The number of benzene rings is 2. The van der Waals surface area contributed by atoms with Gasteiger partial charge in [0.05, 0.1) is 19.4 Å². The Hall–Kier alpha value is -3.85. The van der Waals surface area contributed by atoms with Gasteiger partial charge in [0.1, 0.15) is 17.7 Å². The molecule has 1 aliphatic rings. The first-order valence-electron chi connectivity index (χ1n) is 11.1. The molecule has 5 nitrogen and oxygen atoms in total. The maximum Gasteiger partial charge on any atom is 0.304 e. The standard InChI is InChI=1S/C28H26FNO4/c1-4-5-18(16-28(31)32)19-7-11-25-21(14-19)8-12-26(34-25)23-15-20(6-10-24(23)29)22-9-13-27(33-3)30-17(22)2/h6-7,9-11,13-15,18,26H,8,12,16H2,1-3H3,(H,31,32). The number of pyridine rings is 1. The summed E-state index contributed by atoms with van der Waals surface area (Å²) in [5.74, 6) is 5.44. The van der Waals surface area contributed by atoms with Crippen LogP contribution in [-0.2, 0) is 11.2 Å². The number of hydrogen-bond acceptors (Lipinski definition) is 4. The van der Waals surface area contributed by atoms with Gasteiger partial charge in [0.25, 0.3) is 0 Å². The molecule has 1 aliphatic heterocycles. The van der Waals surface area contributed by atoms with Crippen molar-refractivity contribution in [1.82, 2.24) is 4.98 Å². The minimum Gasteiger partial charge on any atom is -0.485 e. The second-order valence-electron chi connectivity index (χ2n) is 8.28. The minimum atomic E-state index is -0.889. The SMILES string of the molecule is CC#CC(CC(=O)O)c1ccc2c(c1)CCC(c1cc(-c3ccc(OC)nc3C)ccc1F)O2. The van der Waals surface area contributed by atoms with Gasteiger partial charge < -0.3 is 14.6 Å². The number of ether oxygens (including phenoxy) is 2. The zero-order valence-corrected chi connectivity index (χ0v) is 19.4. The molecule has 34 heavy (non-hydrogen) atoms. The molecule has 0 amide bonds. The number of aryl methyl sites for hydroxylation is 2. The summed E-state index contributed by atoms with van der Waals surface area (Å²) in [5.41, 5.74) is 4.91. The number of carboxylic acid groups (broad SMARTS) is 1. The van der Waals surface area contributed by atoms with Crippen molar-refractivity contribution in [1.29, 1.82) is 0 Å². The van der Waals surface area contributed by atoms with Crippen molar-refractivity contribution in [3.05, 3.63) is 76.7 Å². The van der Waals surface area contributed by atoms with Crippen molar-refractivity contribution in [2.45, 2.75) is 45.1 Å². The molecule has 2 heterocycles. The summed E-state index contributed by atoms with van der Waals surface area (Å²) in [7, 11) is 1.57. The molecule has 174 valence electrons. The molecule has 0 spiro atoms. The van der Waals surface area contributed by atoms with Gasteiger partial charge in [-0.05, 0) is 67.6 Å². The Morgan fingerprint density at radius 3 is 2.79 bits per heavy atom. The Bertz CT molecular complexity index is 1290. The van der Waals surface area contributed by atoms with E-state index in [4.69, 9.17) is 9.47 Å². The Kier molecular flexibility index (Phi) is 6.83. The van der Waals surface area contributed by atoms with Crippen molar-refractivity contribution in [3.63, 3.8) is 0 Å². The number of halogens is 1. The van der Waals surface area contributed by atoms with E-state index in [0.717, 1.165) is 27.9 Å². The van der Waals surface area contributed by atoms with Crippen molar-refractivity contribution in [2.24, 2.45) is 0 Å². The number of hydrogen-bond donors (Lipinski definition) is 1. The molecule has 1 N–H and O–H groups in total. The van der Waals surface area contributed by atoms with E-state index in [2.05, 4.69) is 16.8 Å². The van der Waals surface area contributed by atoms with E-state index in [-0.39, 0.29) is 18.2 Å². The second-order valence-corrected chi connectivity index (χ2v) is 8.28. The van der Waals surface area contributed by atoms with Crippen LogP contribution in [0.5, 0.6) is 11.6 Å². The third kappa shape index (κ3) is 4.89. The van der Waals surface area contributed by atoms with Gasteiger partial charge in [0.2, 0.25) is 5.88 Å². The lowest BCUT2D eigenvalue weighted by molar-refractivity contribution is -0.137. The largest absolute Gasteiger partial charge is 0.485 e. The third-order valence-electron chi connectivity index (χ3n) is 6.05. The van der Waals surface area contributed by atoms with Crippen LogP contribution in [0.25, 0.3) is 11.1 Å². The van der Waals surface area contributed by atoms with E-state index < -0.39 is 12.1 Å². The normalized spacial score (nSPS) is 15.4. The average molecular weight is 460 g/mol. The summed E-state index contributed by atoms with van der Waals surface area (Å²) < 4.78 is 26.2. The fourth-order valence-corrected chi connectivity index (χ4v) is 4.36. The molecule has 2 atom stereocenters. The molecule has 0 radical (unpaired) electrons. The second kappa shape index (κ2) is 9.96. The van der Waals surface area contributed by atoms with Gasteiger partial charge in [-0.15, -0.1) is 5.92 Å². The fourth-order valence-electron chi connectivity index (χ4n) is 4.36. The highest BCUT2D eigenvalue weighted by Crippen LogP contribution is 2.39. The summed E-state index contributed by atoms with van der Waals surface area (Å²) in [6, 6.07) is 14.4. The van der Waals surface area contributed by atoms with Gasteiger partial charge in [-0.2, -0.15) is 0 Å². The van der Waals surface area contributed by atoms with Crippen molar-refractivity contribution in [2.75, 3.05) is 7.11 Å². The molecule has 4 rings (SSSR count). The molecule has 2 unspecified atom stereocenters. The van der Waals surface area contributed by atoms with Crippen LogP contribution in [0.3, 0.4) is 0 Å². The number of aromatic nitrogens is 1. The van der Waals surface area contributed by atoms with Crippen LogP contribution in [0.4, 0.5) is 4.39 Å². The molecule has 3 aromatic rings. The van der Waals surface area contributed by atoms with Crippen molar-refractivity contribution in [3.8, 4) is 34.6 Å². The Morgan fingerprint density at radius 1 is 1.26 bits per heavy atom. The van der Waals surface area contributed by atoms with Crippen LogP contribution in [0.2, 0.25) is 0 Å². The molecule has 2 aromatic carbocycles. The van der Waals surface area contributed by atoms with Crippen LogP contribution in [0.1, 0.15) is 54.2 Å². The first-order chi connectivity index (χ1) is 16.4. The van der Waals surface area contributed by atoms with E-state index in [1.54, 1.807) is 26.2 Å². The first kappa shape index (κ1) is 23.3. The molecule has 0 fully saturated rings.